The fourth-order valence-corrected chi connectivity index (χ4v) is 2.13. The van der Waals surface area contributed by atoms with Crippen LogP contribution in [0.5, 0.6) is 0 Å². The van der Waals surface area contributed by atoms with Gasteiger partial charge in [0, 0.05) is 4.47 Å². The number of nitrogens with one attached hydrogen (secondary N) is 2. The third-order valence-electron chi connectivity index (χ3n) is 2.54. The molecule has 1 amide bonds. The number of carbonyl (C=O) groups is 1. The van der Waals surface area contributed by atoms with Crippen molar-refractivity contribution in [2.24, 2.45) is 0 Å². The van der Waals surface area contributed by atoms with E-state index in [1.54, 1.807) is 12.1 Å². The molecular weight excluding hydrogens is 347 g/mol. The summed E-state index contributed by atoms with van der Waals surface area (Å²) in [5, 5.41) is 5.43. The first-order chi connectivity index (χ1) is 9.58. The third kappa shape index (κ3) is 3.71. The van der Waals surface area contributed by atoms with E-state index in [1.807, 2.05) is 18.2 Å². The van der Waals surface area contributed by atoms with Gasteiger partial charge in [-0.2, -0.15) is 0 Å². The van der Waals surface area contributed by atoms with Crippen molar-refractivity contribution in [3.05, 3.63) is 57.8 Å². The highest BCUT2D eigenvalue weighted by molar-refractivity contribution is 9.10. The largest absolute Gasteiger partial charge is 0.374 e. The minimum atomic E-state index is -0.567. The van der Waals surface area contributed by atoms with Crippen LogP contribution in [0.4, 0.5) is 15.8 Å². The molecule has 0 atom stereocenters. The van der Waals surface area contributed by atoms with Gasteiger partial charge in [-0.05, 0) is 40.2 Å². The lowest BCUT2D eigenvalue weighted by molar-refractivity contribution is -0.114. The third-order valence-corrected chi connectivity index (χ3v) is 3.52. The zero-order valence-corrected chi connectivity index (χ0v) is 12.6. The Bertz CT molecular complexity index is 636. The molecule has 3 nitrogen and oxygen atoms in total. The Kier molecular flexibility index (Phi) is 4.98. The number of hydrogen-bond acceptors (Lipinski definition) is 2. The Labute approximate surface area is 129 Å². The summed E-state index contributed by atoms with van der Waals surface area (Å²) < 4.78 is 14.4. The zero-order valence-electron chi connectivity index (χ0n) is 10.3. The summed E-state index contributed by atoms with van der Waals surface area (Å²) in [6, 6.07) is 11.8. The quantitative estimate of drug-likeness (QED) is 0.857. The molecule has 0 spiro atoms. The van der Waals surface area contributed by atoms with Gasteiger partial charge in [0.1, 0.15) is 0 Å². The van der Waals surface area contributed by atoms with E-state index in [2.05, 4.69) is 26.6 Å². The van der Waals surface area contributed by atoms with Gasteiger partial charge < -0.3 is 10.6 Å². The van der Waals surface area contributed by atoms with Crippen molar-refractivity contribution < 1.29 is 9.18 Å². The lowest BCUT2D eigenvalue weighted by Gasteiger charge is -2.10. The minimum Gasteiger partial charge on any atom is -0.374 e. The normalized spacial score (nSPS) is 10.2. The Morgan fingerprint density at radius 1 is 1.15 bits per heavy atom. The molecule has 0 unspecified atom stereocenters. The van der Waals surface area contributed by atoms with Crippen LogP contribution in [-0.2, 0) is 4.79 Å². The molecular formula is C14H11BrClFN2O. The fourth-order valence-electron chi connectivity index (χ4n) is 1.57. The minimum absolute atomic E-state index is 0.0150. The maximum atomic E-state index is 13.6. The molecule has 0 radical (unpaired) electrons. The van der Waals surface area contributed by atoms with Gasteiger partial charge in [0.05, 0.1) is 22.9 Å². The number of halogens is 3. The SMILES string of the molecule is O=C(CNc1cccc(Cl)c1F)Nc1ccccc1Br. The second-order valence-corrected chi connectivity index (χ2v) is 5.24. The molecule has 6 heteroatoms. The van der Waals surface area contributed by atoms with Crippen LogP contribution in [0.2, 0.25) is 5.02 Å². The fraction of sp³-hybridized carbons (Fsp3) is 0.0714. The van der Waals surface area contributed by atoms with Gasteiger partial charge in [-0.1, -0.05) is 29.8 Å². The molecule has 0 bridgehead atoms. The molecule has 104 valence electrons. The second kappa shape index (κ2) is 6.72. The number of hydrogen-bond donors (Lipinski definition) is 2. The summed E-state index contributed by atoms with van der Waals surface area (Å²) >= 11 is 8.99. The maximum absolute atomic E-state index is 13.6. The van der Waals surface area contributed by atoms with Gasteiger partial charge in [0.25, 0.3) is 0 Å². The molecule has 20 heavy (non-hydrogen) atoms. The summed E-state index contributed by atoms with van der Waals surface area (Å²) in [5.41, 5.74) is 0.852. The standard InChI is InChI=1S/C14H11BrClFN2O/c15-9-4-1-2-6-11(9)19-13(20)8-18-12-7-3-5-10(16)14(12)17/h1-7,18H,8H2,(H,19,20). The number of anilines is 2. The average molecular weight is 358 g/mol. The molecule has 0 saturated heterocycles. The van der Waals surface area contributed by atoms with E-state index < -0.39 is 5.82 Å². The van der Waals surface area contributed by atoms with Crippen molar-refractivity contribution in [2.45, 2.75) is 0 Å². The smallest absolute Gasteiger partial charge is 0.243 e. The first-order valence-electron chi connectivity index (χ1n) is 5.80. The van der Waals surface area contributed by atoms with Gasteiger partial charge in [0.2, 0.25) is 5.91 Å². The summed E-state index contributed by atoms with van der Waals surface area (Å²) in [5.74, 6) is -0.848. The molecule has 0 saturated carbocycles. The highest BCUT2D eigenvalue weighted by atomic mass is 79.9. The predicted octanol–water partition coefficient (Wildman–Crippen LogP) is 4.29. The van der Waals surface area contributed by atoms with E-state index in [4.69, 9.17) is 11.6 Å². The van der Waals surface area contributed by atoms with Crippen LogP contribution in [0.15, 0.2) is 46.9 Å². The number of carbonyl (C=O) groups excluding carboxylic acids is 1. The van der Waals surface area contributed by atoms with E-state index in [1.165, 1.54) is 12.1 Å². The predicted molar refractivity (Wildman–Crippen MR) is 82.7 cm³/mol. The van der Waals surface area contributed by atoms with Crippen molar-refractivity contribution in [2.75, 3.05) is 17.2 Å². The van der Waals surface area contributed by atoms with Crippen LogP contribution in [0, 0.1) is 5.82 Å². The molecule has 2 aromatic rings. The first kappa shape index (κ1) is 14.8. The maximum Gasteiger partial charge on any atom is 0.243 e. The topological polar surface area (TPSA) is 41.1 Å². The highest BCUT2D eigenvalue weighted by Gasteiger charge is 2.08. The van der Waals surface area contributed by atoms with Gasteiger partial charge in [-0.15, -0.1) is 0 Å². The molecule has 0 aliphatic rings. The second-order valence-electron chi connectivity index (χ2n) is 3.98. The van der Waals surface area contributed by atoms with E-state index in [9.17, 15) is 9.18 Å². The Morgan fingerprint density at radius 3 is 2.60 bits per heavy atom. The van der Waals surface area contributed by atoms with Crippen LogP contribution in [-0.4, -0.2) is 12.5 Å². The van der Waals surface area contributed by atoms with E-state index >= 15 is 0 Å². The van der Waals surface area contributed by atoms with E-state index in [-0.39, 0.29) is 23.2 Å². The number of rotatable bonds is 4. The molecule has 2 aromatic carbocycles. The Hall–Kier alpha value is -1.59. The van der Waals surface area contributed by atoms with Crippen molar-refractivity contribution in [3.8, 4) is 0 Å². The van der Waals surface area contributed by atoms with E-state index in [0.717, 1.165) is 4.47 Å². The molecule has 2 rings (SSSR count). The van der Waals surface area contributed by atoms with E-state index in [0.29, 0.717) is 5.69 Å². The van der Waals surface area contributed by atoms with Crippen molar-refractivity contribution >= 4 is 44.8 Å². The van der Waals surface area contributed by atoms with Crippen molar-refractivity contribution in [1.82, 2.24) is 0 Å². The van der Waals surface area contributed by atoms with Gasteiger partial charge >= 0.3 is 0 Å². The van der Waals surface area contributed by atoms with Gasteiger partial charge in [-0.25, -0.2) is 4.39 Å². The molecule has 0 aliphatic carbocycles. The van der Waals surface area contributed by atoms with Gasteiger partial charge in [0.15, 0.2) is 5.82 Å². The highest BCUT2D eigenvalue weighted by Crippen LogP contribution is 2.22. The zero-order chi connectivity index (χ0) is 14.5. The Morgan fingerprint density at radius 2 is 1.85 bits per heavy atom. The number of para-hydroxylation sites is 1. The van der Waals surface area contributed by atoms with Crippen molar-refractivity contribution in [3.63, 3.8) is 0 Å². The van der Waals surface area contributed by atoms with Crippen LogP contribution >= 0.6 is 27.5 Å². The summed E-state index contributed by atoms with van der Waals surface area (Å²) in [7, 11) is 0. The van der Waals surface area contributed by atoms with Crippen LogP contribution in [0.3, 0.4) is 0 Å². The van der Waals surface area contributed by atoms with Crippen LogP contribution in [0.25, 0.3) is 0 Å². The van der Waals surface area contributed by atoms with Crippen molar-refractivity contribution in [1.29, 1.82) is 0 Å². The first-order valence-corrected chi connectivity index (χ1v) is 6.97. The monoisotopic (exact) mass is 356 g/mol. The number of benzene rings is 2. The molecule has 2 N–H and O–H groups in total. The summed E-state index contributed by atoms with van der Waals surface area (Å²) in [6.45, 7) is -0.0569. The lowest BCUT2D eigenvalue weighted by atomic mass is 10.3. The average Bonchev–Trinajstić information content (AvgIpc) is 2.43. The lowest BCUT2D eigenvalue weighted by Crippen LogP contribution is -2.22. The number of amides is 1. The molecule has 0 fully saturated rings. The van der Waals surface area contributed by atoms with Crippen LogP contribution in [0.1, 0.15) is 0 Å². The summed E-state index contributed by atoms with van der Waals surface area (Å²) in [4.78, 5) is 11.8. The molecule has 0 heterocycles. The Balaban J connectivity index is 1.96. The molecule has 0 aromatic heterocycles. The van der Waals surface area contributed by atoms with Gasteiger partial charge in [-0.3, -0.25) is 4.79 Å². The molecule has 0 aliphatic heterocycles. The van der Waals surface area contributed by atoms with Crippen LogP contribution < -0.4 is 10.6 Å². The summed E-state index contributed by atoms with van der Waals surface area (Å²) in [6.07, 6.45) is 0.